The Hall–Kier alpha value is -2.04. The molecule has 0 heterocycles. The summed E-state index contributed by atoms with van der Waals surface area (Å²) < 4.78 is 0. The Bertz CT molecular complexity index is 534. The van der Waals surface area contributed by atoms with Crippen molar-refractivity contribution in [3.05, 3.63) is 35.4 Å². The lowest BCUT2D eigenvalue weighted by Crippen LogP contribution is -2.56. The lowest BCUT2D eigenvalue weighted by atomic mass is 9.61. The van der Waals surface area contributed by atoms with Crippen LogP contribution < -0.4 is 11.1 Å². The van der Waals surface area contributed by atoms with Gasteiger partial charge in [-0.3, -0.25) is 4.79 Å². The van der Waals surface area contributed by atoms with Crippen LogP contribution in [0.4, 0.5) is 0 Å². The highest BCUT2D eigenvalue weighted by Crippen LogP contribution is 2.45. The number of hydrogen-bond donors (Lipinski definition) is 3. The summed E-state index contributed by atoms with van der Waals surface area (Å²) in [4.78, 5) is 12.4. The topological polar surface area (TPSA) is 87.7 Å². The summed E-state index contributed by atoms with van der Waals surface area (Å²) in [6, 6.07) is 7.90. The number of amides is 1. The Kier molecular flexibility index (Phi) is 3.97. The number of benzene rings is 1. The van der Waals surface area contributed by atoms with E-state index in [2.05, 4.69) is 17.4 Å². The summed E-state index contributed by atoms with van der Waals surface area (Å²) in [5, 5.41) is 14.8. The molecule has 20 heavy (non-hydrogen) atoms. The van der Waals surface area contributed by atoms with Crippen molar-refractivity contribution in [2.75, 3.05) is 0 Å². The van der Waals surface area contributed by atoms with E-state index in [1.165, 1.54) is 0 Å². The quantitative estimate of drug-likeness (QED) is 0.339. The first kappa shape index (κ1) is 14.4. The molecule has 0 radical (unpaired) electrons. The molecule has 4 N–H and O–H groups in total. The molecule has 108 valence electrons. The molecule has 0 bridgehead atoms. The molecule has 1 saturated carbocycles. The van der Waals surface area contributed by atoms with Gasteiger partial charge in [-0.15, -0.1) is 0 Å². The molecule has 0 spiro atoms. The highest BCUT2D eigenvalue weighted by atomic mass is 16.4. The van der Waals surface area contributed by atoms with Gasteiger partial charge in [-0.05, 0) is 36.8 Å². The molecule has 0 aliphatic heterocycles. The fourth-order valence-corrected chi connectivity index (χ4v) is 2.89. The largest absolute Gasteiger partial charge is 0.409 e. The summed E-state index contributed by atoms with van der Waals surface area (Å²) in [6.45, 7) is 4.52. The Balaban J connectivity index is 2.06. The van der Waals surface area contributed by atoms with E-state index in [1.807, 2.05) is 31.2 Å². The fourth-order valence-electron chi connectivity index (χ4n) is 2.89. The highest BCUT2D eigenvalue weighted by Gasteiger charge is 2.52. The summed E-state index contributed by atoms with van der Waals surface area (Å²) >= 11 is 0. The maximum absolute atomic E-state index is 12.4. The van der Waals surface area contributed by atoms with Crippen molar-refractivity contribution >= 4 is 11.7 Å². The zero-order valence-electron chi connectivity index (χ0n) is 11.9. The van der Waals surface area contributed by atoms with Crippen LogP contribution in [0.3, 0.4) is 0 Å². The van der Waals surface area contributed by atoms with Gasteiger partial charge in [0.15, 0.2) is 5.84 Å². The van der Waals surface area contributed by atoms with Crippen molar-refractivity contribution < 1.29 is 10.0 Å². The van der Waals surface area contributed by atoms with Gasteiger partial charge in [-0.1, -0.05) is 36.3 Å². The zero-order chi connectivity index (χ0) is 14.8. The van der Waals surface area contributed by atoms with Crippen LogP contribution in [-0.4, -0.2) is 17.0 Å². The monoisotopic (exact) mass is 275 g/mol. The molecule has 1 fully saturated rings. The summed E-state index contributed by atoms with van der Waals surface area (Å²) in [5.41, 5.74) is 7.08. The maximum Gasteiger partial charge on any atom is 0.234 e. The van der Waals surface area contributed by atoms with Crippen LogP contribution >= 0.6 is 0 Å². The second kappa shape index (κ2) is 5.53. The van der Waals surface area contributed by atoms with Crippen molar-refractivity contribution in [3.63, 3.8) is 0 Å². The summed E-state index contributed by atoms with van der Waals surface area (Å²) in [5.74, 6) is 0.270. The van der Waals surface area contributed by atoms with E-state index in [-0.39, 0.29) is 11.7 Å². The van der Waals surface area contributed by atoms with Gasteiger partial charge in [0, 0.05) is 6.54 Å². The Morgan fingerprint density at radius 3 is 2.70 bits per heavy atom. The van der Waals surface area contributed by atoms with Crippen LogP contribution in [0, 0.1) is 18.3 Å². The first-order valence-electron chi connectivity index (χ1n) is 6.80. The minimum atomic E-state index is -0.836. The van der Waals surface area contributed by atoms with E-state index < -0.39 is 5.41 Å². The van der Waals surface area contributed by atoms with Gasteiger partial charge >= 0.3 is 0 Å². The zero-order valence-corrected chi connectivity index (χ0v) is 11.9. The first-order valence-corrected chi connectivity index (χ1v) is 6.80. The van der Waals surface area contributed by atoms with E-state index in [0.29, 0.717) is 25.3 Å². The van der Waals surface area contributed by atoms with E-state index in [0.717, 1.165) is 11.1 Å². The number of oxime groups is 1. The number of nitrogens with zero attached hydrogens (tertiary/aromatic N) is 1. The second-order valence-electron chi connectivity index (χ2n) is 5.69. The van der Waals surface area contributed by atoms with Crippen molar-refractivity contribution in [1.82, 2.24) is 5.32 Å². The van der Waals surface area contributed by atoms with Crippen molar-refractivity contribution in [2.45, 2.75) is 33.2 Å². The lowest BCUT2D eigenvalue weighted by Gasteiger charge is -2.43. The van der Waals surface area contributed by atoms with E-state index in [1.54, 1.807) is 0 Å². The van der Waals surface area contributed by atoms with Crippen LogP contribution in [0.2, 0.25) is 0 Å². The Morgan fingerprint density at radius 2 is 2.15 bits per heavy atom. The Labute approximate surface area is 118 Å². The number of hydrogen-bond acceptors (Lipinski definition) is 3. The number of nitrogens with two attached hydrogens (primary N) is 1. The van der Waals surface area contributed by atoms with Gasteiger partial charge in [0.1, 0.15) is 5.41 Å². The van der Waals surface area contributed by atoms with Gasteiger partial charge in [-0.2, -0.15) is 0 Å². The SMILES string of the molecule is Cc1ccccc1CNC(=O)C1(/C(N)=N/O)CC(C)C1. The highest BCUT2D eigenvalue weighted by molar-refractivity contribution is 6.07. The fraction of sp³-hybridized carbons (Fsp3) is 0.467. The molecule has 1 amide bonds. The second-order valence-corrected chi connectivity index (χ2v) is 5.69. The van der Waals surface area contributed by atoms with Crippen molar-refractivity contribution in [1.29, 1.82) is 0 Å². The number of carbonyl (C=O) groups excluding carboxylic acids is 1. The average molecular weight is 275 g/mol. The number of amidine groups is 1. The third-order valence-corrected chi connectivity index (χ3v) is 4.13. The van der Waals surface area contributed by atoms with Crippen LogP contribution in [0.25, 0.3) is 0 Å². The molecule has 1 aliphatic rings. The average Bonchev–Trinajstić information content (AvgIpc) is 2.41. The van der Waals surface area contributed by atoms with Crippen LogP contribution in [0.15, 0.2) is 29.4 Å². The minimum Gasteiger partial charge on any atom is -0.409 e. The standard InChI is InChI=1S/C15H21N3O2/c1-10-7-15(8-10,13(16)18-20)14(19)17-9-12-6-4-3-5-11(12)2/h3-6,10,20H,7-9H2,1-2H3,(H2,16,18)(H,17,19). The molecule has 0 aromatic heterocycles. The number of rotatable bonds is 4. The van der Waals surface area contributed by atoms with Gasteiger partial charge in [0.2, 0.25) is 5.91 Å². The van der Waals surface area contributed by atoms with E-state index in [9.17, 15) is 4.79 Å². The minimum absolute atomic E-state index is 0.0119. The molecule has 1 aromatic carbocycles. The van der Waals surface area contributed by atoms with Crippen LogP contribution in [-0.2, 0) is 11.3 Å². The molecular formula is C15H21N3O2. The normalized spacial score (nSPS) is 25.9. The molecule has 0 unspecified atom stereocenters. The molecule has 5 nitrogen and oxygen atoms in total. The van der Waals surface area contributed by atoms with Gasteiger partial charge in [0.05, 0.1) is 0 Å². The van der Waals surface area contributed by atoms with Gasteiger partial charge in [-0.25, -0.2) is 0 Å². The van der Waals surface area contributed by atoms with Crippen molar-refractivity contribution in [2.24, 2.45) is 22.2 Å². The number of carbonyl (C=O) groups is 1. The van der Waals surface area contributed by atoms with E-state index >= 15 is 0 Å². The van der Waals surface area contributed by atoms with Crippen molar-refractivity contribution in [3.8, 4) is 0 Å². The first-order chi connectivity index (χ1) is 9.49. The third kappa shape index (κ3) is 2.48. The molecule has 0 saturated heterocycles. The molecule has 2 rings (SSSR count). The molecule has 5 heteroatoms. The third-order valence-electron chi connectivity index (χ3n) is 4.13. The predicted molar refractivity (Wildman–Crippen MR) is 77.3 cm³/mol. The summed E-state index contributed by atoms with van der Waals surface area (Å²) in [6.07, 6.45) is 1.25. The van der Waals surface area contributed by atoms with Gasteiger partial charge < -0.3 is 16.3 Å². The lowest BCUT2D eigenvalue weighted by molar-refractivity contribution is -0.133. The molecule has 1 aliphatic carbocycles. The molecule has 1 aromatic rings. The molecular weight excluding hydrogens is 254 g/mol. The van der Waals surface area contributed by atoms with Crippen LogP contribution in [0.5, 0.6) is 0 Å². The Morgan fingerprint density at radius 1 is 1.50 bits per heavy atom. The maximum atomic E-state index is 12.4. The number of aryl methyl sites for hydroxylation is 1. The summed E-state index contributed by atoms with van der Waals surface area (Å²) in [7, 11) is 0. The smallest absolute Gasteiger partial charge is 0.234 e. The van der Waals surface area contributed by atoms with Crippen LogP contribution in [0.1, 0.15) is 30.9 Å². The predicted octanol–water partition coefficient (Wildman–Crippen LogP) is 1.77. The van der Waals surface area contributed by atoms with E-state index in [4.69, 9.17) is 10.9 Å². The van der Waals surface area contributed by atoms with Gasteiger partial charge in [0.25, 0.3) is 0 Å². The number of nitrogens with one attached hydrogen (secondary N) is 1. The molecule has 0 atom stereocenters.